The van der Waals surface area contributed by atoms with Gasteiger partial charge in [0, 0.05) is 50.2 Å². The number of imidazole rings is 1. The van der Waals surface area contributed by atoms with E-state index < -0.39 is 5.56 Å². The summed E-state index contributed by atoms with van der Waals surface area (Å²) in [6.45, 7) is 3.71. The summed E-state index contributed by atoms with van der Waals surface area (Å²) in [4.78, 5) is 25.9. The Morgan fingerprint density at radius 3 is 2.88 bits per heavy atom. The van der Waals surface area contributed by atoms with Crippen LogP contribution in [0.3, 0.4) is 0 Å². The highest BCUT2D eigenvalue weighted by molar-refractivity contribution is 6.19. The summed E-state index contributed by atoms with van der Waals surface area (Å²) in [6.07, 6.45) is 7.16. The van der Waals surface area contributed by atoms with Gasteiger partial charge in [0.05, 0.1) is 0 Å². The first kappa shape index (κ1) is 23.2. The Morgan fingerprint density at radius 1 is 1.30 bits per heavy atom. The fraction of sp³-hybridized carbons (Fsp3) is 0.391. The van der Waals surface area contributed by atoms with E-state index in [1.54, 1.807) is 23.3 Å². The molecule has 1 aliphatic heterocycles. The fourth-order valence-electron chi connectivity index (χ4n) is 3.68. The van der Waals surface area contributed by atoms with Crippen LogP contribution in [0.4, 0.5) is 5.95 Å². The topological polar surface area (TPSA) is 114 Å². The van der Waals surface area contributed by atoms with Crippen LogP contribution in [0.1, 0.15) is 40.0 Å². The largest absolute Gasteiger partial charge is 0.381 e. The Bertz CT molecular complexity index is 1100. The standard InChI is InChI=1S/C23H27ClN6O3/c1-15-11-26-23(28-18-5-7-33-8-6-18)29-21(15)30-13-19(27-14-30)22(32)25-12-17-4-2-3-16(9-17)10-20(24)31/h2-4,9,11,13-14,18,20,31H,5-8,10,12H2,1H3,(H,25,32)(H,26,28,29). The molecule has 0 bridgehead atoms. The summed E-state index contributed by atoms with van der Waals surface area (Å²) >= 11 is 5.65. The number of hydrogen-bond donors (Lipinski definition) is 3. The molecule has 174 valence electrons. The zero-order chi connectivity index (χ0) is 23.2. The van der Waals surface area contributed by atoms with Gasteiger partial charge >= 0.3 is 0 Å². The average molecular weight is 471 g/mol. The molecule has 2 aromatic heterocycles. The third-order valence-electron chi connectivity index (χ3n) is 5.41. The van der Waals surface area contributed by atoms with Gasteiger partial charge in [0.25, 0.3) is 5.91 Å². The lowest BCUT2D eigenvalue weighted by Crippen LogP contribution is -2.28. The second-order valence-corrected chi connectivity index (χ2v) is 8.54. The molecular weight excluding hydrogens is 444 g/mol. The van der Waals surface area contributed by atoms with E-state index >= 15 is 0 Å². The van der Waals surface area contributed by atoms with Crippen LogP contribution in [0.5, 0.6) is 0 Å². The van der Waals surface area contributed by atoms with Gasteiger partial charge < -0.3 is 20.5 Å². The van der Waals surface area contributed by atoms with Crippen molar-refractivity contribution >= 4 is 23.5 Å². The van der Waals surface area contributed by atoms with Crippen molar-refractivity contribution in [2.75, 3.05) is 18.5 Å². The van der Waals surface area contributed by atoms with Crippen LogP contribution < -0.4 is 10.6 Å². The zero-order valence-corrected chi connectivity index (χ0v) is 19.1. The molecule has 1 saturated heterocycles. The van der Waals surface area contributed by atoms with Crippen LogP contribution >= 0.6 is 11.6 Å². The summed E-state index contributed by atoms with van der Waals surface area (Å²) < 4.78 is 7.12. The van der Waals surface area contributed by atoms with Crippen molar-refractivity contribution in [3.05, 3.63) is 65.4 Å². The number of benzene rings is 1. The van der Waals surface area contributed by atoms with Crippen molar-refractivity contribution in [2.24, 2.45) is 0 Å². The summed E-state index contributed by atoms with van der Waals surface area (Å²) in [6, 6.07) is 7.84. The highest BCUT2D eigenvalue weighted by atomic mass is 35.5. The number of aliphatic hydroxyl groups is 1. The smallest absolute Gasteiger partial charge is 0.271 e. The number of nitrogens with one attached hydrogen (secondary N) is 2. The number of ether oxygens (including phenoxy) is 1. The van der Waals surface area contributed by atoms with Gasteiger partial charge in [-0.05, 0) is 30.9 Å². The molecule has 3 N–H and O–H groups in total. The zero-order valence-electron chi connectivity index (χ0n) is 18.4. The lowest BCUT2D eigenvalue weighted by atomic mass is 10.1. The molecule has 4 rings (SSSR count). The Hall–Kier alpha value is -3.01. The number of hydrogen-bond acceptors (Lipinski definition) is 7. The van der Waals surface area contributed by atoms with Crippen molar-refractivity contribution in [1.82, 2.24) is 24.8 Å². The maximum atomic E-state index is 12.6. The Balaban J connectivity index is 1.41. The van der Waals surface area contributed by atoms with Crippen LogP contribution in [0, 0.1) is 6.92 Å². The molecule has 1 aliphatic rings. The van der Waals surface area contributed by atoms with Crippen molar-refractivity contribution in [2.45, 2.75) is 44.3 Å². The van der Waals surface area contributed by atoms with Crippen molar-refractivity contribution in [3.63, 3.8) is 0 Å². The average Bonchev–Trinajstić information content (AvgIpc) is 3.29. The van der Waals surface area contributed by atoms with Gasteiger partial charge in [-0.25, -0.2) is 9.97 Å². The molecule has 0 saturated carbocycles. The van der Waals surface area contributed by atoms with E-state index in [1.807, 2.05) is 31.2 Å². The molecular formula is C23H27ClN6O3. The lowest BCUT2D eigenvalue weighted by Gasteiger charge is -2.23. The normalized spacial score (nSPS) is 15.2. The first-order valence-electron chi connectivity index (χ1n) is 10.9. The molecule has 1 unspecified atom stereocenters. The molecule has 0 aliphatic carbocycles. The summed E-state index contributed by atoms with van der Waals surface area (Å²) in [7, 11) is 0. The number of alkyl halides is 1. The predicted molar refractivity (Wildman–Crippen MR) is 125 cm³/mol. The van der Waals surface area contributed by atoms with Gasteiger partial charge in [-0.3, -0.25) is 9.36 Å². The van der Waals surface area contributed by atoms with Gasteiger partial charge in [0.1, 0.15) is 23.4 Å². The van der Waals surface area contributed by atoms with Gasteiger partial charge in [0.2, 0.25) is 5.95 Å². The Morgan fingerprint density at radius 2 is 2.09 bits per heavy atom. The second-order valence-electron chi connectivity index (χ2n) is 8.04. The number of aromatic nitrogens is 4. The van der Waals surface area contributed by atoms with E-state index in [-0.39, 0.29) is 11.9 Å². The number of carbonyl (C=O) groups is 1. The summed E-state index contributed by atoms with van der Waals surface area (Å²) in [5.74, 6) is 0.923. The van der Waals surface area contributed by atoms with Crippen LogP contribution in [-0.4, -0.2) is 55.4 Å². The van der Waals surface area contributed by atoms with Crippen LogP contribution in [0.2, 0.25) is 0 Å². The van der Waals surface area contributed by atoms with E-state index in [0.717, 1.165) is 42.7 Å². The van der Waals surface area contributed by atoms with Crippen LogP contribution in [0.15, 0.2) is 43.0 Å². The lowest BCUT2D eigenvalue weighted by molar-refractivity contribution is 0.0903. The quantitative estimate of drug-likeness (QED) is 0.433. The van der Waals surface area contributed by atoms with E-state index in [4.69, 9.17) is 16.3 Å². The molecule has 0 radical (unpaired) electrons. The molecule has 3 heterocycles. The number of anilines is 1. The third-order valence-corrected chi connectivity index (χ3v) is 5.56. The van der Waals surface area contributed by atoms with Gasteiger partial charge in [-0.15, -0.1) is 0 Å². The van der Waals surface area contributed by atoms with E-state index in [1.165, 1.54) is 0 Å². The maximum absolute atomic E-state index is 12.6. The van der Waals surface area contributed by atoms with Crippen molar-refractivity contribution in [1.29, 1.82) is 0 Å². The number of aryl methyl sites for hydroxylation is 1. The van der Waals surface area contributed by atoms with E-state index in [9.17, 15) is 9.90 Å². The summed E-state index contributed by atoms with van der Waals surface area (Å²) in [5, 5.41) is 15.6. The van der Waals surface area contributed by atoms with Crippen LogP contribution in [0.25, 0.3) is 5.82 Å². The molecule has 1 atom stereocenters. The molecule has 1 aromatic carbocycles. The molecule has 9 nitrogen and oxygen atoms in total. The number of rotatable bonds is 8. The second kappa shape index (κ2) is 10.7. The van der Waals surface area contributed by atoms with Crippen LogP contribution in [-0.2, 0) is 17.7 Å². The van der Waals surface area contributed by atoms with E-state index in [2.05, 4.69) is 25.6 Å². The molecule has 3 aromatic rings. The number of aliphatic hydroxyl groups excluding tert-OH is 1. The first-order valence-corrected chi connectivity index (χ1v) is 11.3. The highest BCUT2D eigenvalue weighted by Gasteiger charge is 2.16. The minimum absolute atomic E-state index is 0.282. The molecule has 33 heavy (non-hydrogen) atoms. The number of carbonyl (C=O) groups excluding carboxylic acids is 1. The number of amides is 1. The maximum Gasteiger partial charge on any atom is 0.271 e. The minimum atomic E-state index is -0.934. The highest BCUT2D eigenvalue weighted by Crippen LogP contribution is 2.16. The first-order chi connectivity index (χ1) is 16.0. The summed E-state index contributed by atoms with van der Waals surface area (Å²) in [5.41, 5.74) is 2.04. The van der Waals surface area contributed by atoms with E-state index in [0.29, 0.717) is 30.4 Å². The number of nitrogens with zero attached hydrogens (tertiary/aromatic N) is 4. The fourth-order valence-corrected chi connectivity index (χ4v) is 3.86. The molecule has 10 heteroatoms. The molecule has 1 amide bonds. The van der Waals surface area contributed by atoms with Crippen molar-refractivity contribution in [3.8, 4) is 5.82 Å². The monoisotopic (exact) mass is 470 g/mol. The minimum Gasteiger partial charge on any atom is -0.381 e. The predicted octanol–water partition coefficient (Wildman–Crippen LogP) is 2.59. The van der Waals surface area contributed by atoms with Gasteiger partial charge in [-0.2, -0.15) is 4.98 Å². The number of halogens is 1. The third kappa shape index (κ3) is 6.28. The molecule has 1 fully saturated rings. The SMILES string of the molecule is Cc1cnc(NC2CCOCC2)nc1-n1cnc(C(=O)NCc2cccc(CC(O)Cl)c2)c1. The Labute approximate surface area is 197 Å². The molecule has 0 spiro atoms. The van der Waals surface area contributed by atoms with Crippen molar-refractivity contribution < 1.29 is 14.6 Å². The Kier molecular flexibility index (Phi) is 7.54. The van der Waals surface area contributed by atoms with Gasteiger partial charge in [0.15, 0.2) is 0 Å². The van der Waals surface area contributed by atoms with Gasteiger partial charge in [-0.1, -0.05) is 35.9 Å².